The minimum atomic E-state index is -0.684. The summed E-state index contributed by atoms with van der Waals surface area (Å²) in [4.78, 5) is 23.3. The molecule has 0 unspecified atom stereocenters. The van der Waals surface area contributed by atoms with Gasteiger partial charge < -0.3 is 15.4 Å². The van der Waals surface area contributed by atoms with Gasteiger partial charge in [0, 0.05) is 20.6 Å². The minimum absolute atomic E-state index is 0.137. The fourth-order valence-electron chi connectivity index (χ4n) is 2.35. The van der Waals surface area contributed by atoms with Crippen LogP contribution < -0.4 is 10.6 Å². The number of hydrogen-bond donors (Lipinski definition) is 2. The maximum atomic E-state index is 12.1. The Balaban J connectivity index is 1.94. The van der Waals surface area contributed by atoms with Gasteiger partial charge in [0.2, 0.25) is 11.8 Å². The Bertz CT molecular complexity index is 669. The summed E-state index contributed by atoms with van der Waals surface area (Å²) in [7, 11) is 1.49. The smallest absolute Gasteiger partial charge is 0.245 e. The molecule has 0 radical (unpaired) electrons. The third-order valence-corrected chi connectivity index (χ3v) is 3.56. The highest BCUT2D eigenvalue weighted by atomic mass is 16.5. The number of carbonyl (C=O) groups is 2. The van der Waals surface area contributed by atoms with E-state index in [2.05, 4.69) is 22.8 Å². The third kappa shape index (κ3) is 5.21. The molecule has 0 heterocycles. The van der Waals surface area contributed by atoms with E-state index in [9.17, 15) is 9.59 Å². The number of amides is 2. The average molecular weight is 326 g/mol. The van der Waals surface area contributed by atoms with E-state index >= 15 is 0 Å². The summed E-state index contributed by atoms with van der Waals surface area (Å²) in [6.07, 6.45) is 0. The normalized spacial score (nSPS) is 11.6. The molecular weight excluding hydrogens is 304 g/mol. The maximum absolute atomic E-state index is 12.1. The number of carbonyl (C=O) groups excluding carboxylic acids is 2. The van der Waals surface area contributed by atoms with E-state index in [4.69, 9.17) is 4.74 Å². The van der Waals surface area contributed by atoms with Crippen LogP contribution in [0.15, 0.2) is 54.6 Å². The molecule has 0 aliphatic carbocycles. The van der Waals surface area contributed by atoms with Crippen molar-refractivity contribution in [1.29, 1.82) is 0 Å². The summed E-state index contributed by atoms with van der Waals surface area (Å²) in [5, 5.41) is 5.39. The molecule has 0 spiro atoms. The first-order chi connectivity index (χ1) is 11.6. The summed E-state index contributed by atoms with van der Waals surface area (Å²) in [5.41, 5.74) is 3.27. The zero-order valence-electron chi connectivity index (χ0n) is 13.9. The van der Waals surface area contributed by atoms with Crippen molar-refractivity contribution >= 4 is 11.8 Å². The second-order valence-corrected chi connectivity index (χ2v) is 5.49. The standard InChI is InChI=1S/C19H22N2O3/c1-14(22)21-18(13-24-2)19(23)20-12-15-8-10-17(11-9-15)16-6-4-3-5-7-16/h3-11,18H,12-13H2,1-2H3,(H,20,23)(H,21,22)/t18-/m1/s1. The number of hydrogen-bond acceptors (Lipinski definition) is 3. The van der Waals surface area contributed by atoms with Gasteiger partial charge in [-0.15, -0.1) is 0 Å². The first kappa shape index (κ1) is 17.7. The van der Waals surface area contributed by atoms with Crippen molar-refractivity contribution in [2.45, 2.75) is 19.5 Å². The fourth-order valence-corrected chi connectivity index (χ4v) is 2.35. The number of rotatable bonds is 7. The van der Waals surface area contributed by atoms with Crippen molar-refractivity contribution in [1.82, 2.24) is 10.6 Å². The van der Waals surface area contributed by atoms with E-state index in [1.54, 1.807) is 0 Å². The predicted octanol–water partition coefficient (Wildman–Crippen LogP) is 2.12. The Morgan fingerprint density at radius 1 is 1.00 bits per heavy atom. The number of methoxy groups -OCH3 is 1. The van der Waals surface area contributed by atoms with Crippen LogP contribution in [0, 0.1) is 0 Å². The number of benzene rings is 2. The van der Waals surface area contributed by atoms with Crippen LogP contribution in [-0.4, -0.2) is 31.6 Å². The van der Waals surface area contributed by atoms with E-state index in [1.807, 2.05) is 42.5 Å². The Kier molecular flexibility index (Phi) is 6.51. The van der Waals surface area contributed by atoms with E-state index in [1.165, 1.54) is 14.0 Å². The van der Waals surface area contributed by atoms with Crippen LogP contribution in [0.2, 0.25) is 0 Å². The first-order valence-electron chi connectivity index (χ1n) is 7.78. The molecule has 0 saturated heterocycles. The van der Waals surface area contributed by atoms with Gasteiger partial charge in [-0.2, -0.15) is 0 Å². The van der Waals surface area contributed by atoms with Crippen LogP contribution in [0.25, 0.3) is 11.1 Å². The highest BCUT2D eigenvalue weighted by molar-refractivity contribution is 5.86. The van der Waals surface area contributed by atoms with E-state index in [-0.39, 0.29) is 18.4 Å². The molecule has 0 saturated carbocycles. The second-order valence-electron chi connectivity index (χ2n) is 5.49. The summed E-state index contributed by atoms with van der Waals surface area (Å²) in [5.74, 6) is -0.529. The van der Waals surface area contributed by atoms with E-state index in [0.29, 0.717) is 6.54 Å². The molecule has 2 N–H and O–H groups in total. The minimum Gasteiger partial charge on any atom is -0.382 e. The Morgan fingerprint density at radius 3 is 2.21 bits per heavy atom. The topological polar surface area (TPSA) is 67.4 Å². The quantitative estimate of drug-likeness (QED) is 0.819. The van der Waals surface area contributed by atoms with Gasteiger partial charge in [-0.05, 0) is 16.7 Å². The number of nitrogens with one attached hydrogen (secondary N) is 2. The molecule has 0 bridgehead atoms. The molecule has 126 valence electrons. The van der Waals surface area contributed by atoms with Gasteiger partial charge >= 0.3 is 0 Å². The summed E-state index contributed by atoms with van der Waals surface area (Å²) in [6, 6.07) is 17.4. The van der Waals surface area contributed by atoms with E-state index in [0.717, 1.165) is 16.7 Å². The lowest BCUT2D eigenvalue weighted by Gasteiger charge is -2.16. The SMILES string of the molecule is COC[C@@H](NC(C)=O)C(=O)NCc1ccc(-c2ccccc2)cc1. The zero-order valence-corrected chi connectivity index (χ0v) is 13.9. The molecule has 5 heteroatoms. The van der Waals surface area contributed by atoms with Gasteiger partial charge in [-0.1, -0.05) is 54.6 Å². The Hall–Kier alpha value is -2.66. The van der Waals surface area contributed by atoms with Gasteiger partial charge in [0.05, 0.1) is 6.61 Å². The van der Waals surface area contributed by atoms with Crippen molar-refractivity contribution in [2.24, 2.45) is 0 Å². The molecule has 2 aromatic rings. The van der Waals surface area contributed by atoms with Gasteiger partial charge in [0.15, 0.2) is 0 Å². The lowest BCUT2D eigenvalue weighted by atomic mass is 10.0. The van der Waals surface area contributed by atoms with Gasteiger partial charge in [-0.3, -0.25) is 9.59 Å². The molecule has 0 fully saturated rings. The summed E-state index contributed by atoms with van der Waals surface area (Å²) < 4.78 is 4.97. The van der Waals surface area contributed by atoms with Gasteiger partial charge in [0.25, 0.3) is 0 Å². The monoisotopic (exact) mass is 326 g/mol. The van der Waals surface area contributed by atoms with Crippen molar-refractivity contribution in [3.8, 4) is 11.1 Å². The maximum Gasteiger partial charge on any atom is 0.245 e. The molecule has 2 amide bonds. The van der Waals surface area contributed by atoms with Crippen LogP contribution in [0.3, 0.4) is 0 Å². The van der Waals surface area contributed by atoms with E-state index < -0.39 is 6.04 Å². The molecular formula is C19H22N2O3. The molecule has 0 aromatic heterocycles. The lowest BCUT2D eigenvalue weighted by Crippen LogP contribution is -2.48. The second kappa shape index (κ2) is 8.84. The summed E-state index contributed by atoms with van der Waals surface area (Å²) in [6.45, 7) is 1.91. The van der Waals surface area contributed by atoms with Gasteiger partial charge in [0.1, 0.15) is 6.04 Å². The highest BCUT2D eigenvalue weighted by Crippen LogP contribution is 2.19. The van der Waals surface area contributed by atoms with Crippen LogP contribution in [0.5, 0.6) is 0 Å². The largest absolute Gasteiger partial charge is 0.382 e. The van der Waals surface area contributed by atoms with Crippen molar-refractivity contribution in [3.05, 3.63) is 60.2 Å². The molecule has 2 rings (SSSR count). The zero-order chi connectivity index (χ0) is 17.4. The van der Waals surface area contributed by atoms with Crippen molar-refractivity contribution in [2.75, 3.05) is 13.7 Å². The highest BCUT2D eigenvalue weighted by Gasteiger charge is 2.18. The van der Waals surface area contributed by atoms with Crippen molar-refractivity contribution < 1.29 is 14.3 Å². The Labute approximate surface area is 142 Å². The fraction of sp³-hybridized carbons (Fsp3) is 0.263. The van der Waals surface area contributed by atoms with Crippen molar-refractivity contribution in [3.63, 3.8) is 0 Å². The molecule has 5 nitrogen and oxygen atoms in total. The average Bonchev–Trinajstić information content (AvgIpc) is 2.60. The van der Waals surface area contributed by atoms with Crippen LogP contribution in [0.4, 0.5) is 0 Å². The Morgan fingerprint density at radius 2 is 1.62 bits per heavy atom. The molecule has 2 aromatic carbocycles. The van der Waals surface area contributed by atoms with Crippen LogP contribution >= 0.6 is 0 Å². The molecule has 24 heavy (non-hydrogen) atoms. The number of ether oxygens (including phenoxy) is 1. The summed E-state index contributed by atoms with van der Waals surface area (Å²) >= 11 is 0. The van der Waals surface area contributed by atoms with Crippen LogP contribution in [0.1, 0.15) is 12.5 Å². The molecule has 1 atom stereocenters. The van der Waals surface area contributed by atoms with Gasteiger partial charge in [-0.25, -0.2) is 0 Å². The molecule has 0 aliphatic rings. The lowest BCUT2D eigenvalue weighted by molar-refractivity contribution is -0.129. The third-order valence-electron chi connectivity index (χ3n) is 3.56. The predicted molar refractivity (Wildman–Crippen MR) is 93.2 cm³/mol. The molecule has 0 aliphatic heterocycles. The van der Waals surface area contributed by atoms with Crippen LogP contribution in [-0.2, 0) is 20.9 Å². The first-order valence-corrected chi connectivity index (χ1v) is 7.78.